The van der Waals surface area contributed by atoms with Crippen molar-refractivity contribution in [3.05, 3.63) is 0 Å². The van der Waals surface area contributed by atoms with Crippen LogP contribution in [0.5, 0.6) is 0 Å². The Morgan fingerprint density at radius 2 is 1.94 bits per heavy atom. The van der Waals surface area contributed by atoms with E-state index in [0.717, 1.165) is 6.42 Å². The molecule has 2 atom stereocenters. The predicted molar refractivity (Wildman–Crippen MR) is 68.6 cm³/mol. The average Bonchev–Trinajstić information content (AvgIpc) is 2.25. The third-order valence-corrected chi connectivity index (χ3v) is 2.97. The van der Waals surface area contributed by atoms with Gasteiger partial charge in [-0.05, 0) is 20.3 Å². The Morgan fingerprint density at radius 1 is 1.38 bits per heavy atom. The number of carbonyl (C=O) groups is 2. The SMILES string of the molecule is CCC(C)N(CC)C(=O)C(CS)NC(C)=O. The van der Waals surface area contributed by atoms with Crippen molar-refractivity contribution in [2.45, 2.75) is 46.2 Å². The van der Waals surface area contributed by atoms with Gasteiger partial charge in [0.2, 0.25) is 11.8 Å². The zero-order valence-corrected chi connectivity index (χ0v) is 11.4. The molecule has 16 heavy (non-hydrogen) atoms. The number of nitrogens with one attached hydrogen (secondary N) is 1. The monoisotopic (exact) mass is 246 g/mol. The molecule has 2 amide bonds. The second-order valence-corrected chi connectivity index (χ2v) is 4.18. The summed E-state index contributed by atoms with van der Waals surface area (Å²) in [7, 11) is 0. The van der Waals surface area contributed by atoms with Gasteiger partial charge >= 0.3 is 0 Å². The molecule has 2 unspecified atom stereocenters. The summed E-state index contributed by atoms with van der Waals surface area (Å²) in [6.45, 7) is 8.04. The lowest BCUT2D eigenvalue weighted by molar-refractivity contribution is -0.137. The standard InChI is InChI=1S/C11H22N2O2S/c1-5-8(3)13(6-2)11(15)10(7-16)12-9(4)14/h8,10,16H,5-7H2,1-4H3,(H,12,14). The van der Waals surface area contributed by atoms with Gasteiger partial charge in [0.15, 0.2) is 0 Å². The Hall–Kier alpha value is -0.710. The largest absolute Gasteiger partial charge is 0.344 e. The molecule has 0 aromatic carbocycles. The Bertz CT molecular complexity index is 246. The van der Waals surface area contributed by atoms with E-state index in [2.05, 4.69) is 17.9 Å². The maximum absolute atomic E-state index is 12.1. The van der Waals surface area contributed by atoms with Crippen molar-refractivity contribution in [1.82, 2.24) is 10.2 Å². The third kappa shape index (κ3) is 4.43. The molecule has 0 saturated heterocycles. The topological polar surface area (TPSA) is 49.4 Å². The van der Waals surface area contributed by atoms with E-state index in [0.29, 0.717) is 12.3 Å². The number of hydrogen-bond acceptors (Lipinski definition) is 3. The Balaban J connectivity index is 4.62. The molecule has 0 aliphatic carbocycles. The number of carbonyl (C=O) groups excluding carboxylic acids is 2. The fourth-order valence-corrected chi connectivity index (χ4v) is 1.78. The highest BCUT2D eigenvalue weighted by molar-refractivity contribution is 7.80. The van der Waals surface area contributed by atoms with Crippen LogP contribution >= 0.6 is 12.6 Å². The van der Waals surface area contributed by atoms with Crippen molar-refractivity contribution in [2.24, 2.45) is 0 Å². The number of hydrogen-bond donors (Lipinski definition) is 2. The van der Waals surface area contributed by atoms with Crippen molar-refractivity contribution < 1.29 is 9.59 Å². The molecule has 0 fully saturated rings. The minimum atomic E-state index is -0.519. The van der Waals surface area contributed by atoms with E-state index in [1.165, 1.54) is 6.92 Å². The van der Waals surface area contributed by atoms with Crippen molar-refractivity contribution in [3.63, 3.8) is 0 Å². The molecule has 0 heterocycles. The van der Waals surface area contributed by atoms with Gasteiger partial charge in [-0.3, -0.25) is 9.59 Å². The van der Waals surface area contributed by atoms with E-state index in [1.807, 2.05) is 20.8 Å². The second-order valence-electron chi connectivity index (χ2n) is 3.82. The van der Waals surface area contributed by atoms with Crippen molar-refractivity contribution >= 4 is 24.4 Å². The van der Waals surface area contributed by atoms with Gasteiger partial charge in [0.1, 0.15) is 6.04 Å². The van der Waals surface area contributed by atoms with Crippen LogP contribution in [0.2, 0.25) is 0 Å². The van der Waals surface area contributed by atoms with Gasteiger partial charge in [0.25, 0.3) is 0 Å². The number of nitrogens with zero attached hydrogens (tertiary/aromatic N) is 1. The molecule has 1 N–H and O–H groups in total. The molecule has 0 radical (unpaired) electrons. The summed E-state index contributed by atoms with van der Waals surface area (Å²) < 4.78 is 0. The average molecular weight is 246 g/mol. The van der Waals surface area contributed by atoms with Crippen LogP contribution in [0.1, 0.15) is 34.1 Å². The normalized spacial score (nSPS) is 14.1. The molecule has 0 aromatic heterocycles. The molecule has 0 bridgehead atoms. The summed E-state index contributed by atoms with van der Waals surface area (Å²) in [4.78, 5) is 24.8. The fraction of sp³-hybridized carbons (Fsp3) is 0.818. The molecule has 94 valence electrons. The number of likely N-dealkylation sites (N-methyl/N-ethyl adjacent to an activating group) is 1. The van der Waals surface area contributed by atoms with Gasteiger partial charge in [-0.2, -0.15) is 12.6 Å². The maximum Gasteiger partial charge on any atom is 0.246 e. The highest BCUT2D eigenvalue weighted by Crippen LogP contribution is 2.06. The minimum Gasteiger partial charge on any atom is -0.344 e. The Kier molecular flexibility index (Phi) is 7.21. The lowest BCUT2D eigenvalue weighted by Gasteiger charge is -2.30. The third-order valence-electron chi connectivity index (χ3n) is 2.60. The van der Waals surface area contributed by atoms with Gasteiger partial charge in [0, 0.05) is 25.3 Å². The van der Waals surface area contributed by atoms with Crippen LogP contribution < -0.4 is 5.32 Å². The summed E-state index contributed by atoms with van der Waals surface area (Å²) in [6, 6.07) is -0.330. The maximum atomic E-state index is 12.1. The first kappa shape index (κ1) is 15.3. The summed E-state index contributed by atoms with van der Waals surface area (Å²) >= 11 is 4.10. The van der Waals surface area contributed by atoms with Gasteiger partial charge < -0.3 is 10.2 Å². The second kappa shape index (κ2) is 7.54. The smallest absolute Gasteiger partial charge is 0.246 e. The molecule has 5 heteroatoms. The molecule has 4 nitrogen and oxygen atoms in total. The summed E-state index contributed by atoms with van der Waals surface area (Å²) in [5.41, 5.74) is 0. The van der Waals surface area contributed by atoms with E-state index in [9.17, 15) is 9.59 Å². The first-order chi connectivity index (χ1) is 7.47. The molecule has 0 saturated carbocycles. The van der Waals surface area contributed by atoms with E-state index >= 15 is 0 Å². The number of thiol groups is 1. The van der Waals surface area contributed by atoms with Crippen molar-refractivity contribution in [3.8, 4) is 0 Å². The first-order valence-electron chi connectivity index (χ1n) is 5.66. The lowest BCUT2D eigenvalue weighted by atomic mass is 10.2. The number of rotatable bonds is 6. The summed E-state index contributed by atoms with van der Waals surface area (Å²) in [5.74, 6) is 0.0698. The minimum absolute atomic E-state index is 0.0537. The van der Waals surface area contributed by atoms with Gasteiger partial charge in [0.05, 0.1) is 0 Å². The lowest BCUT2D eigenvalue weighted by Crippen LogP contribution is -2.51. The molecule has 0 rings (SSSR count). The first-order valence-corrected chi connectivity index (χ1v) is 6.29. The zero-order valence-electron chi connectivity index (χ0n) is 10.5. The molecule has 0 aliphatic rings. The van der Waals surface area contributed by atoms with E-state index < -0.39 is 6.04 Å². The predicted octanol–water partition coefficient (Wildman–Crippen LogP) is 1.07. The highest BCUT2D eigenvalue weighted by atomic mass is 32.1. The molecule has 0 spiro atoms. The van der Waals surface area contributed by atoms with E-state index in [1.54, 1.807) is 4.90 Å². The zero-order chi connectivity index (χ0) is 12.7. The molecule has 0 aliphatic heterocycles. The highest BCUT2D eigenvalue weighted by Gasteiger charge is 2.25. The molecule has 0 aromatic rings. The number of amides is 2. The van der Waals surface area contributed by atoms with Crippen LogP contribution in [-0.2, 0) is 9.59 Å². The van der Waals surface area contributed by atoms with E-state index in [-0.39, 0.29) is 17.9 Å². The van der Waals surface area contributed by atoms with E-state index in [4.69, 9.17) is 0 Å². The van der Waals surface area contributed by atoms with Gasteiger partial charge in [-0.15, -0.1) is 0 Å². The fourth-order valence-electron chi connectivity index (χ4n) is 1.54. The van der Waals surface area contributed by atoms with Crippen LogP contribution in [0.25, 0.3) is 0 Å². The summed E-state index contributed by atoms with van der Waals surface area (Å²) in [5, 5.41) is 2.62. The Labute approximate surface area is 103 Å². The van der Waals surface area contributed by atoms with Crippen molar-refractivity contribution in [1.29, 1.82) is 0 Å². The van der Waals surface area contributed by atoms with Crippen LogP contribution in [0.15, 0.2) is 0 Å². The van der Waals surface area contributed by atoms with Crippen LogP contribution in [0.4, 0.5) is 0 Å². The van der Waals surface area contributed by atoms with Crippen LogP contribution in [0.3, 0.4) is 0 Å². The Morgan fingerprint density at radius 3 is 2.25 bits per heavy atom. The van der Waals surface area contributed by atoms with Crippen LogP contribution in [0, 0.1) is 0 Å². The molecular formula is C11H22N2O2S. The molecular weight excluding hydrogens is 224 g/mol. The van der Waals surface area contributed by atoms with Crippen molar-refractivity contribution in [2.75, 3.05) is 12.3 Å². The quantitative estimate of drug-likeness (QED) is 0.689. The van der Waals surface area contributed by atoms with Gasteiger partial charge in [-0.1, -0.05) is 6.92 Å². The summed E-state index contributed by atoms with van der Waals surface area (Å²) in [6.07, 6.45) is 0.902. The van der Waals surface area contributed by atoms with Gasteiger partial charge in [-0.25, -0.2) is 0 Å². The van der Waals surface area contributed by atoms with Crippen LogP contribution in [-0.4, -0.2) is 41.1 Å².